The molecule has 0 unspecified atom stereocenters. The second kappa shape index (κ2) is 1.82. The molecule has 0 fully saturated rings. The van der Waals surface area contributed by atoms with Gasteiger partial charge in [-0.2, -0.15) is 10.1 Å². The molecule has 2 rings (SSSR count). The first-order chi connectivity index (χ1) is 5.27. The number of nitrogens with two attached hydrogens (primary N) is 2. The Morgan fingerprint density at radius 2 is 2.18 bits per heavy atom. The Bertz CT molecular complexity index is 391. The molecule has 0 aromatic carbocycles. The molecule has 6 nitrogen and oxygen atoms in total. The first-order valence-electron chi connectivity index (χ1n) is 2.99. The van der Waals surface area contributed by atoms with Crippen molar-refractivity contribution in [2.75, 3.05) is 11.5 Å². The van der Waals surface area contributed by atoms with Gasteiger partial charge in [-0.25, -0.2) is 9.50 Å². The molecule has 0 radical (unpaired) electrons. The monoisotopic (exact) mass is 150 g/mol. The second-order valence-electron chi connectivity index (χ2n) is 2.08. The molecule has 0 aliphatic carbocycles. The van der Waals surface area contributed by atoms with Crippen molar-refractivity contribution in [3.05, 3.63) is 12.5 Å². The van der Waals surface area contributed by atoms with Crippen molar-refractivity contribution in [1.82, 2.24) is 19.6 Å². The number of anilines is 2. The molecule has 0 aliphatic rings. The van der Waals surface area contributed by atoms with Gasteiger partial charge >= 0.3 is 0 Å². The number of nitrogen functional groups attached to an aromatic ring is 2. The molecule has 2 aromatic heterocycles. The van der Waals surface area contributed by atoms with Crippen molar-refractivity contribution < 1.29 is 0 Å². The van der Waals surface area contributed by atoms with E-state index in [0.29, 0.717) is 11.3 Å². The summed E-state index contributed by atoms with van der Waals surface area (Å²) < 4.78 is 1.46. The molecule has 0 saturated heterocycles. The number of fused-ring (bicyclic) bond motifs is 1. The highest BCUT2D eigenvalue weighted by Gasteiger charge is 2.00. The summed E-state index contributed by atoms with van der Waals surface area (Å²) in [5.74, 6) is 0.199. The maximum atomic E-state index is 5.52. The Morgan fingerprint density at radius 1 is 1.36 bits per heavy atom. The van der Waals surface area contributed by atoms with E-state index in [4.69, 9.17) is 11.5 Å². The number of rotatable bonds is 0. The highest BCUT2D eigenvalue weighted by atomic mass is 15.3. The van der Waals surface area contributed by atoms with Gasteiger partial charge in [-0.15, -0.1) is 0 Å². The van der Waals surface area contributed by atoms with E-state index in [9.17, 15) is 0 Å². The molecule has 0 bridgehead atoms. The molecular weight excluding hydrogens is 144 g/mol. The summed E-state index contributed by atoms with van der Waals surface area (Å²) in [6.07, 6.45) is 2.97. The van der Waals surface area contributed by atoms with Crippen molar-refractivity contribution in [2.24, 2.45) is 0 Å². The van der Waals surface area contributed by atoms with Crippen molar-refractivity contribution in [2.45, 2.75) is 0 Å². The van der Waals surface area contributed by atoms with Gasteiger partial charge in [0.15, 0.2) is 5.65 Å². The largest absolute Gasteiger partial charge is 0.394 e. The SMILES string of the molecule is Nc1ncn2ncc(N)c2n1. The van der Waals surface area contributed by atoms with Crippen LogP contribution in [0.4, 0.5) is 11.6 Å². The Labute approximate surface area is 61.9 Å². The lowest BCUT2D eigenvalue weighted by atomic mass is 10.6. The van der Waals surface area contributed by atoms with E-state index >= 15 is 0 Å². The molecule has 2 heterocycles. The number of aromatic nitrogens is 4. The van der Waals surface area contributed by atoms with Gasteiger partial charge in [0.25, 0.3) is 0 Å². The Balaban J connectivity index is 2.87. The van der Waals surface area contributed by atoms with Crippen molar-refractivity contribution in [3.8, 4) is 0 Å². The number of hydrogen-bond donors (Lipinski definition) is 2. The predicted octanol–water partition coefficient (Wildman–Crippen LogP) is -0.711. The fourth-order valence-corrected chi connectivity index (χ4v) is 0.821. The highest BCUT2D eigenvalue weighted by molar-refractivity contribution is 5.63. The quantitative estimate of drug-likeness (QED) is 0.517. The van der Waals surface area contributed by atoms with Crippen LogP contribution in [0.3, 0.4) is 0 Å². The van der Waals surface area contributed by atoms with Gasteiger partial charge in [0, 0.05) is 0 Å². The number of hydrogen-bond acceptors (Lipinski definition) is 5. The lowest BCUT2D eigenvalue weighted by Crippen LogP contribution is -1.99. The van der Waals surface area contributed by atoms with Gasteiger partial charge in [-0.3, -0.25) is 0 Å². The highest BCUT2D eigenvalue weighted by Crippen LogP contribution is 2.08. The summed E-state index contributed by atoms with van der Waals surface area (Å²) >= 11 is 0. The molecule has 0 atom stereocenters. The van der Waals surface area contributed by atoms with E-state index in [1.807, 2.05) is 0 Å². The molecule has 6 heteroatoms. The van der Waals surface area contributed by atoms with Crippen LogP contribution in [0.15, 0.2) is 12.5 Å². The lowest BCUT2D eigenvalue weighted by molar-refractivity contribution is 0.897. The average molecular weight is 150 g/mol. The topological polar surface area (TPSA) is 95.1 Å². The predicted molar refractivity (Wildman–Crippen MR) is 39.6 cm³/mol. The third kappa shape index (κ3) is 0.759. The van der Waals surface area contributed by atoms with E-state index in [1.54, 1.807) is 0 Å². The van der Waals surface area contributed by atoms with Gasteiger partial charge in [-0.05, 0) is 0 Å². The van der Waals surface area contributed by atoms with Crippen LogP contribution < -0.4 is 11.5 Å². The lowest BCUT2D eigenvalue weighted by Gasteiger charge is -1.92. The summed E-state index contributed by atoms with van der Waals surface area (Å²) in [5, 5.41) is 3.87. The molecule has 0 amide bonds. The van der Waals surface area contributed by atoms with Crippen LogP contribution in [0.2, 0.25) is 0 Å². The molecule has 4 N–H and O–H groups in total. The fraction of sp³-hybridized carbons (Fsp3) is 0. The molecule has 2 aromatic rings. The Morgan fingerprint density at radius 3 is 3.00 bits per heavy atom. The van der Waals surface area contributed by atoms with Crippen LogP contribution in [0.25, 0.3) is 5.65 Å². The minimum atomic E-state index is 0.199. The Kier molecular flexibility index (Phi) is 0.974. The molecule has 11 heavy (non-hydrogen) atoms. The van der Waals surface area contributed by atoms with Gasteiger partial charge in [0.05, 0.1) is 11.9 Å². The Hall–Kier alpha value is -1.85. The minimum absolute atomic E-state index is 0.199. The van der Waals surface area contributed by atoms with E-state index in [0.717, 1.165) is 0 Å². The van der Waals surface area contributed by atoms with Crippen LogP contribution in [-0.2, 0) is 0 Å². The van der Waals surface area contributed by atoms with E-state index in [2.05, 4.69) is 15.1 Å². The fourth-order valence-electron chi connectivity index (χ4n) is 0.821. The zero-order valence-electron chi connectivity index (χ0n) is 5.60. The zero-order chi connectivity index (χ0) is 7.84. The normalized spacial score (nSPS) is 10.5. The van der Waals surface area contributed by atoms with Crippen LogP contribution >= 0.6 is 0 Å². The van der Waals surface area contributed by atoms with Crippen molar-refractivity contribution >= 4 is 17.3 Å². The van der Waals surface area contributed by atoms with Crippen LogP contribution in [-0.4, -0.2) is 19.6 Å². The maximum Gasteiger partial charge on any atom is 0.223 e. The van der Waals surface area contributed by atoms with Gasteiger partial charge in [0.2, 0.25) is 5.95 Å². The summed E-state index contributed by atoms with van der Waals surface area (Å²) in [6.45, 7) is 0. The van der Waals surface area contributed by atoms with Gasteiger partial charge in [-0.1, -0.05) is 0 Å². The van der Waals surface area contributed by atoms with E-state index < -0.39 is 0 Å². The smallest absolute Gasteiger partial charge is 0.223 e. The summed E-state index contributed by atoms with van der Waals surface area (Å²) in [6, 6.07) is 0. The van der Waals surface area contributed by atoms with Crippen molar-refractivity contribution in [3.63, 3.8) is 0 Å². The molecule has 0 spiro atoms. The summed E-state index contributed by atoms with van der Waals surface area (Å²) in [7, 11) is 0. The number of nitrogens with zero attached hydrogens (tertiary/aromatic N) is 4. The molecule has 0 saturated carbocycles. The van der Waals surface area contributed by atoms with E-state index in [1.165, 1.54) is 17.0 Å². The van der Waals surface area contributed by atoms with Crippen LogP contribution in [0.1, 0.15) is 0 Å². The van der Waals surface area contributed by atoms with Crippen LogP contribution in [0.5, 0.6) is 0 Å². The second-order valence-corrected chi connectivity index (χ2v) is 2.08. The first-order valence-corrected chi connectivity index (χ1v) is 2.99. The molecule has 0 aliphatic heterocycles. The van der Waals surface area contributed by atoms with Gasteiger partial charge < -0.3 is 11.5 Å². The van der Waals surface area contributed by atoms with Gasteiger partial charge in [0.1, 0.15) is 6.33 Å². The van der Waals surface area contributed by atoms with Crippen molar-refractivity contribution in [1.29, 1.82) is 0 Å². The zero-order valence-corrected chi connectivity index (χ0v) is 5.60. The maximum absolute atomic E-state index is 5.52. The molecule has 56 valence electrons. The average Bonchev–Trinajstić information content (AvgIpc) is 2.33. The van der Waals surface area contributed by atoms with E-state index in [-0.39, 0.29) is 5.95 Å². The standard InChI is InChI=1S/C5H6N6/c6-3-1-9-11-2-8-5(7)10-4(3)11/h1-2H,6H2,(H2,7,10). The third-order valence-electron chi connectivity index (χ3n) is 1.32. The summed E-state index contributed by atoms with van der Waals surface area (Å²) in [4.78, 5) is 7.61. The van der Waals surface area contributed by atoms with Crippen LogP contribution in [0, 0.1) is 0 Å². The molecular formula is C5H6N6. The third-order valence-corrected chi connectivity index (χ3v) is 1.32. The minimum Gasteiger partial charge on any atom is -0.394 e. The first kappa shape index (κ1) is 5.90. The summed E-state index contributed by atoms with van der Waals surface area (Å²) in [5.41, 5.74) is 11.9.